The summed E-state index contributed by atoms with van der Waals surface area (Å²) >= 11 is 1.86. The summed E-state index contributed by atoms with van der Waals surface area (Å²) in [4.78, 5) is 4.76. The van der Waals surface area contributed by atoms with Crippen LogP contribution in [0.4, 0.5) is 0 Å². The van der Waals surface area contributed by atoms with Gasteiger partial charge in [0.15, 0.2) is 11.8 Å². The molecule has 1 atom stereocenters. The third kappa shape index (κ3) is 5.15. The Morgan fingerprint density at radius 3 is 3.00 bits per heavy atom. The second-order valence-electron chi connectivity index (χ2n) is 6.53. The van der Waals surface area contributed by atoms with Gasteiger partial charge in [-0.2, -0.15) is 11.8 Å². The first-order chi connectivity index (χ1) is 13.2. The molecule has 3 rings (SSSR count). The van der Waals surface area contributed by atoms with Crippen LogP contribution in [0.15, 0.2) is 29.3 Å². The highest BCUT2D eigenvalue weighted by Crippen LogP contribution is 2.31. The second-order valence-corrected chi connectivity index (χ2v) is 7.52. The molecule has 1 aliphatic heterocycles. The van der Waals surface area contributed by atoms with Crippen molar-refractivity contribution in [3.05, 3.63) is 41.5 Å². The van der Waals surface area contributed by atoms with Crippen LogP contribution >= 0.6 is 11.8 Å². The summed E-state index contributed by atoms with van der Waals surface area (Å²) in [6.45, 7) is 4.02. The Morgan fingerprint density at radius 2 is 2.22 bits per heavy atom. The van der Waals surface area contributed by atoms with E-state index in [9.17, 15) is 0 Å². The van der Waals surface area contributed by atoms with E-state index < -0.39 is 0 Å². The van der Waals surface area contributed by atoms with Gasteiger partial charge in [0.2, 0.25) is 0 Å². The minimum atomic E-state index is 0.183. The fourth-order valence-electron chi connectivity index (χ4n) is 2.97. The van der Waals surface area contributed by atoms with Crippen molar-refractivity contribution in [2.24, 2.45) is 12.0 Å². The zero-order valence-electron chi connectivity index (χ0n) is 16.2. The van der Waals surface area contributed by atoms with Crippen LogP contribution in [0.2, 0.25) is 0 Å². The molecule has 8 heteroatoms. The van der Waals surface area contributed by atoms with Crippen LogP contribution in [0.5, 0.6) is 5.75 Å². The fraction of sp³-hybridized carbons (Fsp3) is 0.526. The minimum absolute atomic E-state index is 0.183. The lowest BCUT2D eigenvalue weighted by atomic mass is 10.0. The van der Waals surface area contributed by atoms with Gasteiger partial charge in [0.05, 0.1) is 12.6 Å². The van der Waals surface area contributed by atoms with Crippen LogP contribution in [0.1, 0.15) is 36.1 Å². The lowest BCUT2D eigenvalue weighted by Crippen LogP contribution is -2.41. The number of aromatic nitrogens is 3. The summed E-state index contributed by atoms with van der Waals surface area (Å²) in [5.74, 6) is 4.62. The molecule has 1 aliphatic rings. The SMILES string of the molecule is CSCCCNC(=NCc1nnc(C)n1C)NC1CCOc2ccccc21. The number of thioether (sulfide) groups is 1. The van der Waals surface area contributed by atoms with Crippen LogP contribution < -0.4 is 15.4 Å². The maximum absolute atomic E-state index is 5.77. The number of aryl methyl sites for hydroxylation is 1. The molecule has 0 fully saturated rings. The molecule has 146 valence electrons. The van der Waals surface area contributed by atoms with E-state index in [2.05, 4.69) is 33.2 Å². The molecule has 27 heavy (non-hydrogen) atoms. The van der Waals surface area contributed by atoms with Crippen LogP contribution in [0.25, 0.3) is 0 Å². The van der Waals surface area contributed by atoms with Crippen molar-refractivity contribution in [3.63, 3.8) is 0 Å². The average Bonchev–Trinajstić information content (AvgIpc) is 3.01. The number of ether oxygens (including phenoxy) is 1. The van der Waals surface area contributed by atoms with Gasteiger partial charge in [-0.1, -0.05) is 18.2 Å². The molecule has 1 aromatic heterocycles. The van der Waals surface area contributed by atoms with E-state index in [4.69, 9.17) is 9.73 Å². The summed E-state index contributed by atoms with van der Waals surface area (Å²) in [6, 6.07) is 8.38. The molecule has 0 saturated carbocycles. The molecule has 2 N–H and O–H groups in total. The van der Waals surface area contributed by atoms with Crippen LogP contribution in [0.3, 0.4) is 0 Å². The van der Waals surface area contributed by atoms with E-state index in [1.165, 1.54) is 5.56 Å². The molecule has 1 aromatic carbocycles. The van der Waals surface area contributed by atoms with Crippen molar-refractivity contribution in [3.8, 4) is 5.75 Å². The van der Waals surface area contributed by atoms with E-state index in [1.54, 1.807) is 0 Å². The van der Waals surface area contributed by atoms with Gasteiger partial charge < -0.3 is 19.9 Å². The standard InChI is InChI=1S/C19H28N6OS/c1-14-23-24-18(25(14)2)13-21-19(20-10-6-12-27-3)22-16-9-11-26-17-8-5-4-7-15(16)17/h4-5,7-8,16H,6,9-13H2,1-3H3,(H2,20,21,22). The fourth-order valence-corrected chi connectivity index (χ4v) is 3.40. The first-order valence-corrected chi connectivity index (χ1v) is 10.7. The summed E-state index contributed by atoms with van der Waals surface area (Å²) in [5.41, 5.74) is 1.18. The van der Waals surface area contributed by atoms with E-state index in [1.807, 2.05) is 48.5 Å². The molecular weight excluding hydrogens is 360 g/mol. The van der Waals surface area contributed by atoms with Gasteiger partial charge in [0, 0.05) is 25.6 Å². The first-order valence-electron chi connectivity index (χ1n) is 9.29. The summed E-state index contributed by atoms with van der Waals surface area (Å²) in [6.07, 6.45) is 4.13. The van der Waals surface area contributed by atoms with Gasteiger partial charge in [-0.05, 0) is 31.4 Å². The number of hydrogen-bond acceptors (Lipinski definition) is 5. The van der Waals surface area contributed by atoms with Crippen molar-refractivity contribution in [2.75, 3.05) is 25.2 Å². The third-order valence-corrected chi connectivity index (χ3v) is 5.35. The molecule has 0 amide bonds. The third-order valence-electron chi connectivity index (χ3n) is 4.65. The van der Waals surface area contributed by atoms with Crippen LogP contribution in [0, 0.1) is 6.92 Å². The number of para-hydroxylation sites is 1. The van der Waals surface area contributed by atoms with Crippen molar-refractivity contribution in [2.45, 2.75) is 32.4 Å². The normalized spacial score (nSPS) is 16.6. The molecule has 0 spiro atoms. The van der Waals surface area contributed by atoms with Gasteiger partial charge in [0.25, 0.3) is 0 Å². The van der Waals surface area contributed by atoms with Gasteiger partial charge in [0.1, 0.15) is 18.1 Å². The van der Waals surface area contributed by atoms with Crippen molar-refractivity contribution in [1.29, 1.82) is 0 Å². The van der Waals surface area contributed by atoms with Crippen molar-refractivity contribution in [1.82, 2.24) is 25.4 Å². The van der Waals surface area contributed by atoms with Crippen molar-refractivity contribution < 1.29 is 4.74 Å². The number of benzene rings is 1. The first kappa shape index (κ1) is 19.5. The molecule has 2 aromatic rings. The maximum Gasteiger partial charge on any atom is 0.192 e. The molecule has 1 unspecified atom stereocenters. The van der Waals surface area contributed by atoms with E-state index in [-0.39, 0.29) is 6.04 Å². The zero-order chi connectivity index (χ0) is 19.1. The smallest absolute Gasteiger partial charge is 0.192 e. The predicted octanol–water partition coefficient (Wildman–Crippen LogP) is 2.44. The van der Waals surface area contributed by atoms with E-state index in [0.29, 0.717) is 13.2 Å². The van der Waals surface area contributed by atoms with Crippen LogP contribution in [-0.2, 0) is 13.6 Å². The van der Waals surface area contributed by atoms with Gasteiger partial charge in [-0.15, -0.1) is 10.2 Å². The Kier molecular flexibility index (Phi) is 6.98. The maximum atomic E-state index is 5.77. The Labute approximate surface area is 165 Å². The highest BCUT2D eigenvalue weighted by molar-refractivity contribution is 7.98. The molecule has 2 heterocycles. The second kappa shape index (κ2) is 9.64. The minimum Gasteiger partial charge on any atom is -0.493 e. The summed E-state index contributed by atoms with van der Waals surface area (Å²) in [5, 5.41) is 15.4. The Bertz CT molecular complexity index is 775. The van der Waals surface area contributed by atoms with Gasteiger partial charge >= 0.3 is 0 Å². The quantitative estimate of drug-likeness (QED) is 0.431. The highest BCUT2D eigenvalue weighted by Gasteiger charge is 2.22. The summed E-state index contributed by atoms with van der Waals surface area (Å²) in [7, 11) is 1.97. The summed E-state index contributed by atoms with van der Waals surface area (Å²) < 4.78 is 7.74. The topological polar surface area (TPSA) is 76.4 Å². The highest BCUT2D eigenvalue weighted by atomic mass is 32.2. The number of fused-ring (bicyclic) bond motifs is 1. The largest absolute Gasteiger partial charge is 0.493 e. The molecule has 0 saturated heterocycles. The number of rotatable bonds is 7. The Balaban J connectivity index is 1.71. The molecule has 7 nitrogen and oxygen atoms in total. The lowest BCUT2D eigenvalue weighted by Gasteiger charge is -2.28. The number of nitrogens with zero attached hydrogens (tertiary/aromatic N) is 4. The van der Waals surface area contributed by atoms with E-state index >= 15 is 0 Å². The number of hydrogen-bond donors (Lipinski definition) is 2. The van der Waals surface area contributed by atoms with Gasteiger partial charge in [-0.3, -0.25) is 0 Å². The lowest BCUT2D eigenvalue weighted by molar-refractivity contribution is 0.261. The predicted molar refractivity (Wildman–Crippen MR) is 110 cm³/mol. The van der Waals surface area contributed by atoms with Gasteiger partial charge in [-0.25, -0.2) is 4.99 Å². The number of aliphatic imine (C=N–C) groups is 1. The van der Waals surface area contributed by atoms with Crippen molar-refractivity contribution >= 4 is 17.7 Å². The monoisotopic (exact) mass is 388 g/mol. The Hall–Kier alpha value is -2.22. The zero-order valence-corrected chi connectivity index (χ0v) is 17.1. The number of nitrogens with one attached hydrogen (secondary N) is 2. The molecule has 0 radical (unpaired) electrons. The number of guanidine groups is 1. The Morgan fingerprint density at radius 1 is 1.37 bits per heavy atom. The molecule has 0 bridgehead atoms. The molecular formula is C19H28N6OS. The van der Waals surface area contributed by atoms with Crippen LogP contribution in [-0.4, -0.2) is 45.9 Å². The average molecular weight is 389 g/mol. The van der Waals surface area contributed by atoms with E-state index in [0.717, 1.165) is 48.5 Å². The molecule has 0 aliphatic carbocycles.